The van der Waals surface area contributed by atoms with Crippen LogP contribution in [-0.4, -0.2) is 18.6 Å². The van der Waals surface area contributed by atoms with Crippen molar-refractivity contribution < 1.29 is 23.5 Å². The van der Waals surface area contributed by atoms with Crippen molar-refractivity contribution in [3.63, 3.8) is 0 Å². The Morgan fingerprint density at radius 2 is 1.87 bits per heavy atom. The predicted molar refractivity (Wildman–Crippen MR) is 113 cm³/mol. The minimum atomic E-state index is -0.815. The number of urea groups is 1. The molecule has 0 aliphatic carbocycles. The van der Waals surface area contributed by atoms with Crippen LogP contribution in [0.1, 0.15) is 17.4 Å². The minimum Gasteiger partial charge on any atom is -0.487 e. The van der Waals surface area contributed by atoms with Gasteiger partial charge >= 0.3 is 12.0 Å². The second kappa shape index (κ2) is 9.40. The van der Waals surface area contributed by atoms with Gasteiger partial charge in [0.2, 0.25) is 0 Å². The lowest BCUT2D eigenvalue weighted by Gasteiger charge is -2.28. The van der Waals surface area contributed by atoms with E-state index >= 15 is 0 Å². The summed E-state index contributed by atoms with van der Waals surface area (Å²) in [5.41, 5.74) is 1.33. The number of carbonyl (C=O) groups excluding carboxylic acids is 2. The molecule has 1 aliphatic rings. The number of furan rings is 1. The summed E-state index contributed by atoms with van der Waals surface area (Å²) in [5.74, 6) is 0.309. The molecule has 8 heteroatoms. The molecular formula is C23H19ClN2O5. The SMILES string of the molecule is O=C1NC(COc2cccc(Cl)c2)=C(C(=O)OCc2ccccc2)C(c2ccco2)N1. The Kier molecular flexibility index (Phi) is 6.24. The van der Waals surface area contributed by atoms with Gasteiger partial charge in [0.1, 0.15) is 30.8 Å². The molecule has 0 spiro atoms. The number of esters is 1. The highest BCUT2D eigenvalue weighted by atomic mass is 35.5. The van der Waals surface area contributed by atoms with Gasteiger partial charge < -0.3 is 24.5 Å². The van der Waals surface area contributed by atoms with Gasteiger partial charge in [0.15, 0.2) is 0 Å². The topological polar surface area (TPSA) is 89.8 Å². The first-order valence-electron chi connectivity index (χ1n) is 9.53. The number of ether oxygens (including phenoxy) is 2. The lowest BCUT2D eigenvalue weighted by atomic mass is 10.0. The molecule has 2 N–H and O–H groups in total. The van der Waals surface area contributed by atoms with Gasteiger partial charge in [0.05, 0.1) is 17.5 Å². The first kappa shape index (κ1) is 20.6. The van der Waals surface area contributed by atoms with E-state index in [-0.39, 0.29) is 24.5 Å². The van der Waals surface area contributed by atoms with E-state index in [1.54, 1.807) is 36.4 Å². The van der Waals surface area contributed by atoms with Gasteiger partial charge in [0, 0.05) is 5.02 Å². The third kappa shape index (κ3) is 5.07. The molecule has 2 heterocycles. The van der Waals surface area contributed by atoms with Crippen LogP contribution in [0.15, 0.2) is 88.7 Å². The Bertz CT molecular complexity index is 1100. The summed E-state index contributed by atoms with van der Waals surface area (Å²) < 4.78 is 16.7. The maximum atomic E-state index is 13.1. The molecule has 0 bridgehead atoms. The highest BCUT2D eigenvalue weighted by Gasteiger charge is 2.35. The molecule has 0 saturated carbocycles. The van der Waals surface area contributed by atoms with Gasteiger partial charge in [0.25, 0.3) is 0 Å². The first-order chi connectivity index (χ1) is 15.1. The largest absolute Gasteiger partial charge is 0.487 e. The van der Waals surface area contributed by atoms with E-state index in [9.17, 15) is 9.59 Å². The lowest BCUT2D eigenvalue weighted by molar-refractivity contribution is -0.141. The monoisotopic (exact) mass is 438 g/mol. The zero-order valence-corrected chi connectivity index (χ0v) is 17.1. The van der Waals surface area contributed by atoms with Gasteiger partial charge in [-0.05, 0) is 35.9 Å². The Balaban J connectivity index is 1.61. The number of benzene rings is 2. The van der Waals surface area contributed by atoms with Gasteiger partial charge in [-0.25, -0.2) is 9.59 Å². The van der Waals surface area contributed by atoms with Crippen molar-refractivity contribution >= 4 is 23.6 Å². The van der Waals surface area contributed by atoms with E-state index in [2.05, 4.69) is 10.6 Å². The van der Waals surface area contributed by atoms with Crippen molar-refractivity contribution in [1.29, 1.82) is 0 Å². The second-order valence-electron chi connectivity index (χ2n) is 6.75. The molecule has 1 atom stereocenters. The summed E-state index contributed by atoms with van der Waals surface area (Å²) in [6, 6.07) is 18.2. The van der Waals surface area contributed by atoms with E-state index in [4.69, 9.17) is 25.5 Å². The van der Waals surface area contributed by atoms with Crippen LogP contribution in [-0.2, 0) is 16.1 Å². The Morgan fingerprint density at radius 1 is 1.03 bits per heavy atom. The lowest BCUT2D eigenvalue weighted by Crippen LogP contribution is -2.47. The quantitative estimate of drug-likeness (QED) is 0.535. The molecule has 3 aromatic rings. The number of halogens is 1. The highest BCUT2D eigenvalue weighted by molar-refractivity contribution is 6.30. The van der Waals surface area contributed by atoms with Crippen molar-refractivity contribution in [2.24, 2.45) is 0 Å². The third-order valence-electron chi connectivity index (χ3n) is 4.59. The van der Waals surface area contributed by atoms with Crippen molar-refractivity contribution in [2.45, 2.75) is 12.6 Å². The molecular weight excluding hydrogens is 420 g/mol. The van der Waals surface area contributed by atoms with Gasteiger partial charge in [-0.1, -0.05) is 48.0 Å². The van der Waals surface area contributed by atoms with Crippen LogP contribution in [0.4, 0.5) is 4.79 Å². The summed E-state index contributed by atoms with van der Waals surface area (Å²) in [6.07, 6.45) is 1.47. The molecule has 0 fully saturated rings. The Morgan fingerprint density at radius 3 is 2.61 bits per heavy atom. The number of carbonyl (C=O) groups is 2. The molecule has 0 radical (unpaired) electrons. The molecule has 7 nitrogen and oxygen atoms in total. The molecule has 2 aromatic carbocycles. The molecule has 31 heavy (non-hydrogen) atoms. The van der Waals surface area contributed by atoms with Crippen LogP contribution < -0.4 is 15.4 Å². The zero-order valence-electron chi connectivity index (χ0n) is 16.3. The summed E-state index contributed by atoms with van der Waals surface area (Å²) in [5, 5.41) is 5.87. The van der Waals surface area contributed by atoms with Gasteiger partial charge in [-0.3, -0.25) is 0 Å². The molecule has 0 saturated heterocycles. The summed E-state index contributed by atoms with van der Waals surface area (Å²) in [4.78, 5) is 25.3. The molecule has 1 aliphatic heterocycles. The molecule has 4 rings (SSSR count). The molecule has 1 aromatic heterocycles. The highest BCUT2D eigenvalue weighted by Crippen LogP contribution is 2.29. The summed E-state index contributed by atoms with van der Waals surface area (Å²) in [6.45, 7) is 0.0190. The van der Waals surface area contributed by atoms with Crippen molar-refractivity contribution in [1.82, 2.24) is 10.6 Å². The van der Waals surface area contributed by atoms with Crippen LogP contribution >= 0.6 is 11.6 Å². The normalized spacial score (nSPS) is 15.8. The number of amides is 2. The number of rotatable bonds is 7. The number of hydrogen-bond donors (Lipinski definition) is 2. The molecule has 2 amide bonds. The van der Waals surface area contributed by atoms with E-state index in [0.29, 0.717) is 16.5 Å². The zero-order chi connectivity index (χ0) is 21.6. The van der Waals surface area contributed by atoms with E-state index in [0.717, 1.165) is 5.56 Å². The van der Waals surface area contributed by atoms with Crippen molar-refractivity contribution in [3.8, 4) is 5.75 Å². The molecule has 158 valence electrons. The summed E-state index contributed by atoms with van der Waals surface area (Å²) in [7, 11) is 0. The third-order valence-corrected chi connectivity index (χ3v) is 4.83. The summed E-state index contributed by atoms with van der Waals surface area (Å²) >= 11 is 6.00. The fraction of sp³-hybridized carbons (Fsp3) is 0.130. The molecule has 1 unspecified atom stereocenters. The average molecular weight is 439 g/mol. The van der Waals surface area contributed by atoms with Crippen LogP contribution in [0.3, 0.4) is 0 Å². The fourth-order valence-electron chi connectivity index (χ4n) is 3.15. The standard InChI is InChI=1S/C23H19ClN2O5/c24-16-8-4-9-17(12-16)30-14-18-20(22(27)31-13-15-6-2-1-3-7-15)21(26-23(28)25-18)19-10-5-11-29-19/h1-12,21H,13-14H2,(H2,25,26,28). The smallest absolute Gasteiger partial charge is 0.338 e. The maximum Gasteiger partial charge on any atom is 0.338 e. The van der Waals surface area contributed by atoms with Gasteiger partial charge in [-0.2, -0.15) is 0 Å². The van der Waals surface area contributed by atoms with E-state index < -0.39 is 18.0 Å². The second-order valence-corrected chi connectivity index (χ2v) is 7.18. The first-order valence-corrected chi connectivity index (χ1v) is 9.91. The minimum absolute atomic E-state index is 0.0687. The number of nitrogens with one attached hydrogen (secondary N) is 2. The maximum absolute atomic E-state index is 13.1. The van der Waals surface area contributed by atoms with E-state index in [1.807, 2.05) is 30.3 Å². The van der Waals surface area contributed by atoms with E-state index in [1.165, 1.54) is 6.26 Å². The Hall–Kier alpha value is -3.71. The van der Waals surface area contributed by atoms with Crippen molar-refractivity contribution in [3.05, 3.63) is 101 Å². The Labute approximate surface area is 183 Å². The fourth-order valence-corrected chi connectivity index (χ4v) is 3.34. The van der Waals surface area contributed by atoms with Gasteiger partial charge in [-0.15, -0.1) is 0 Å². The van der Waals surface area contributed by atoms with Crippen LogP contribution in [0.2, 0.25) is 5.02 Å². The van der Waals surface area contributed by atoms with Crippen LogP contribution in [0.5, 0.6) is 5.75 Å². The van der Waals surface area contributed by atoms with Crippen molar-refractivity contribution in [2.75, 3.05) is 6.61 Å². The average Bonchev–Trinajstić information content (AvgIpc) is 3.31. The predicted octanol–water partition coefficient (Wildman–Crippen LogP) is 4.36. The van der Waals surface area contributed by atoms with Crippen LogP contribution in [0.25, 0.3) is 0 Å². The van der Waals surface area contributed by atoms with Crippen LogP contribution in [0, 0.1) is 0 Å². The number of hydrogen-bond acceptors (Lipinski definition) is 5.